The molecule has 1 amide bonds. The molecule has 1 aromatic rings. The number of likely N-dealkylation sites (N-methyl/N-ethyl adjacent to an activating group) is 1. The van der Waals surface area contributed by atoms with Crippen LogP contribution in [0.5, 0.6) is 0 Å². The van der Waals surface area contributed by atoms with Crippen molar-refractivity contribution >= 4 is 23.5 Å². The van der Waals surface area contributed by atoms with Gasteiger partial charge in [0, 0.05) is 26.2 Å². The smallest absolute Gasteiger partial charge is 0.242 e. The molecule has 0 aromatic carbocycles. The van der Waals surface area contributed by atoms with E-state index < -0.39 is 0 Å². The van der Waals surface area contributed by atoms with Gasteiger partial charge in [-0.2, -0.15) is 9.97 Å². The van der Waals surface area contributed by atoms with E-state index in [0.717, 1.165) is 25.9 Å². The molecule has 7 heteroatoms. The summed E-state index contributed by atoms with van der Waals surface area (Å²) in [5.41, 5.74) is 5.72. The van der Waals surface area contributed by atoms with Crippen molar-refractivity contribution in [1.82, 2.24) is 15.3 Å². The number of nitrogens with two attached hydrogens (primary N) is 1. The Morgan fingerprint density at radius 2 is 2.37 bits per heavy atom. The lowest BCUT2D eigenvalue weighted by Crippen LogP contribution is -2.42. The summed E-state index contributed by atoms with van der Waals surface area (Å²) in [4.78, 5) is 22.2. The summed E-state index contributed by atoms with van der Waals surface area (Å²) in [6, 6.07) is 1.66. The van der Waals surface area contributed by atoms with E-state index in [1.54, 1.807) is 7.05 Å². The molecule has 0 aliphatic carbocycles. The molecule has 1 fully saturated rings. The number of hydrogen-bond donors (Lipinski definition) is 3. The summed E-state index contributed by atoms with van der Waals surface area (Å²) in [5, 5.41) is 5.80. The Kier molecular flexibility index (Phi) is 4.03. The number of carbonyl (C=O) groups is 1. The quantitative estimate of drug-likeness (QED) is 0.719. The molecule has 1 aromatic heterocycles. The number of carbonyl (C=O) groups excluding carboxylic acids is 1. The van der Waals surface area contributed by atoms with Gasteiger partial charge in [-0.1, -0.05) is 0 Å². The van der Waals surface area contributed by atoms with Gasteiger partial charge < -0.3 is 21.3 Å². The van der Waals surface area contributed by atoms with Gasteiger partial charge in [-0.05, 0) is 19.8 Å². The van der Waals surface area contributed by atoms with Crippen LogP contribution in [0.4, 0.5) is 17.6 Å². The molecule has 4 N–H and O–H groups in total. The number of hydrogen-bond acceptors (Lipinski definition) is 6. The molecule has 0 bridgehead atoms. The Labute approximate surface area is 112 Å². The third-order valence-electron chi connectivity index (χ3n) is 3.18. The minimum absolute atomic E-state index is 0.0136. The highest BCUT2D eigenvalue weighted by Gasteiger charge is 2.31. The predicted molar refractivity (Wildman–Crippen MR) is 75.0 cm³/mol. The van der Waals surface area contributed by atoms with Crippen LogP contribution in [0.1, 0.15) is 19.8 Å². The second-order valence-corrected chi connectivity index (χ2v) is 4.47. The van der Waals surface area contributed by atoms with E-state index >= 15 is 0 Å². The van der Waals surface area contributed by atoms with E-state index in [0.29, 0.717) is 11.6 Å². The predicted octanol–water partition coefficient (Wildman–Crippen LogP) is 0.205. The van der Waals surface area contributed by atoms with Gasteiger partial charge in [0.25, 0.3) is 0 Å². The Balaban J connectivity index is 2.27. The maximum atomic E-state index is 11.9. The molecule has 0 spiro atoms. The molecule has 1 aliphatic rings. The van der Waals surface area contributed by atoms with Crippen LogP contribution >= 0.6 is 0 Å². The number of amides is 1. The summed E-state index contributed by atoms with van der Waals surface area (Å²) < 4.78 is 0. The Hall–Kier alpha value is -2.05. The van der Waals surface area contributed by atoms with Crippen molar-refractivity contribution in [2.45, 2.75) is 25.8 Å². The van der Waals surface area contributed by atoms with Crippen LogP contribution < -0.4 is 21.3 Å². The van der Waals surface area contributed by atoms with Crippen molar-refractivity contribution in [2.24, 2.45) is 0 Å². The molecule has 0 radical (unpaired) electrons. The summed E-state index contributed by atoms with van der Waals surface area (Å²) in [6.45, 7) is 3.55. The zero-order valence-corrected chi connectivity index (χ0v) is 11.3. The fourth-order valence-electron chi connectivity index (χ4n) is 2.35. The highest BCUT2D eigenvalue weighted by atomic mass is 16.2. The lowest BCUT2D eigenvalue weighted by atomic mass is 10.2. The van der Waals surface area contributed by atoms with Crippen molar-refractivity contribution in [3.8, 4) is 0 Å². The number of aromatic nitrogens is 2. The summed E-state index contributed by atoms with van der Waals surface area (Å²) in [5.74, 6) is 1.62. The molecule has 19 heavy (non-hydrogen) atoms. The number of nitrogens with zero attached hydrogens (tertiary/aromatic N) is 3. The normalized spacial score (nSPS) is 18.4. The Morgan fingerprint density at radius 3 is 3.05 bits per heavy atom. The first-order valence-electron chi connectivity index (χ1n) is 6.52. The van der Waals surface area contributed by atoms with Gasteiger partial charge in [-0.25, -0.2) is 0 Å². The number of anilines is 3. The fraction of sp³-hybridized carbons (Fsp3) is 0.583. The zero-order valence-electron chi connectivity index (χ0n) is 11.3. The number of nitrogen functional groups attached to an aromatic ring is 1. The van der Waals surface area contributed by atoms with Gasteiger partial charge >= 0.3 is 0 Å². The van der Waals surface area contributed by atoms with Crippen LogP contribution in [0, 0.1) is 0 Å². The van der Waals surface area contributed by atoms with Gasteiger partial charge in [0.05, 0.1) is 0 Å². The largest absolute Gasteiger partial charge is 0.370 e. The van der Waals surface area contributed by atoms with Crippen LogP contribution in [0.3, 0.4) is 0 Å². The topological polar surface area (TPSA) is 96.2 Å². The maximum absolute atomic E-state index is 11.9. The van der Waals surface area contributed by atoms with Crippen molar-refractivity contribution < 1.29 is 4.79 Å². The lowest BCUT2D eigenvalue weighted by molar-refractivity contribution is -0.121. The fourth-order valence-corrected chi connectivity index (χ4v) is 2.35. The van der Waals surface area contributed by atoms with Crippen molar-refractivity contribution in [2.75, 3.05) is 36.1 Å². The first kappa shape index (κ1) is 13.4. The average molecular weight is 264 g/mol. The van der Waals surface area contributed by atoms with Crippen LogP contribution in [0.2, 0.25) is 0 Å². The molecule has 2 heterocycles. The van der Waals surface area contributed by atoms with E-state index in [9.17, 15) is 4.79 Å². The molecule has 0 saturated carbocycles. The molecule has 104 valence electrons. The van der Waals surface area contributed by atoms with E-state index in [2.05, 4.69) is 20.6 Å². The summed E-state index contributed by atoms with van der Waals surface area (Å²) in [7, 11) is 1.65. The van der Waals surface area contributed by atoms with Gasteiger partial charge in [0.2, 0.25) is 11.9 Å². The van der Waals surface area contributed by atoms with Crippen molar-refractivity contribution in [3.63, 3.8) is 0 Å². The molecule has 1 aliphatic heterocycles. The van der Waals surface area contributed by atoms with Crippen molar-refractivity contribution in [1.29, 1.82) is 0 Å². The second-order valence-electron chi connectivity index (χ2n) is 4.47. The third kappa shape index (κ3) is 2.86. The van der Waals surface area contributed by atoms with Gasteiger partial charge in [-0.15, -0.1) is 0 Å². The first-order chi connectivity index (χ1) is 9.15. The van der Waals surface area contributed by atoms with Crippen molar-refractivity contribution in [3.05, 3.63) is 6.07 Å². The maximum Gasteiger partial charge on any atom is 0.242 e. The van der Waals surface area contributed by atoms with Gasteiger partial charge in [0.1, 0.15) is 17.7 Å². The summed E-state index contributed by atoms with van der Waals surface area (Å²) >= 11 is 0. The Morgan fingerprint density at radius 1 is 1.58 bits per heavy atom. The SMILES string of the molecule is CCNc1cc(N2CCCC2C(=O)NC)nc(N)n1. The molecular formula is C12H20N6O. The minimum atomic E-state index is -0.172. The molecule has 1 atom stereocenters. The standard InChI is InChI=1S/C12H20N6O/c1-3-15-9-7-10(17-12(13)16-9)18-6-4-5-8(18)11(19)14-2/h7-8H,3-6H2,1-2H3,(H,14,19)(H3,13,15,16,17). The molecule has 1 saturated heterocycles. The van der Waals surface area contributed by atoms with Gasteiger partial charge in [-0.3, -0.25) is 4.79 Å². The van der Waals surface area contributed by atoms with Crippen LogP contribution in [0.15, 0.2) is 6.07 Å². The monoisotopic (exact) mass is 264 g/mol. The Bertz CT molecular complexity index is 464. The molecular weight excluding hydrogens is 244 g/mol. The highest BCUT2D eigenvalue weighted by Crippen LogP contribution is 2.26. The lowest BCUT2D eigenvalue weighted by Gasteiger charge is -2.24. The number of rotatable bonds is 4. The first-order valence-corrected chi connectivity index (χ1v) is 6.52. The minimum Gasteiger partial charge on any atom is -0.370 e. The van der Waals surface area contributed by atoms with E-state index in [-0.39, 0.29) is 17.9 Å². The van der Waals surface area contributed by atoms with E-state index in [4.69, 9.17) is 5.73 Å². The van der Waals surface area contributed by atoms with E-state index in [1.807, 2.05) is 17.9 Å². The van der Waals surface area contributed by atoms with Crippen LogP contribution in [-0.2, 0) is 4.79 Å². The average Bonchev–Trinajstić information content (AvgIpc) is 2.86. The van der Waals surface area contributed by atoms with Crippen LogP contribution in [-0.4, -0.2) is 42.1 Å². The molecule has 2 rings (SSSR count). The zero-order chi connectivity index (χ0) is 13.8. The van der Waals surface area contributed by atoms with Crippen LogP contribution in [0.25, 0.3) is 0 Å². The van der Waals surface area contributed by atoms with E-state index in [1.165, 1.54) is 0 Å². The number of nitrogens with one attached hydrogen (secondary N) is 2. The summed E-state index contributed by atoms with van der Waals surface area (Å²) in [6.07, 6.45) is 1.80. The van der Waals surface area contributed by atoms with Gasteiger partial charge in [0.15, 0.2) is 0 Å². The third-order valence-corrected chi connectivity index (χ3v) is 3.18. The second kappa shape index (κ2) is 5.73. The molecule has 7 nitrogen and oxygen atoms in total. The highest BCUT2D eigenvalue weighted by molar-refractivity contribution is 5.85. The molecule has 1 unspecified atom stereocenters.